The van der Waals surface area contributed by atoms with Crippen molar-refractivity contribution in [2.45, 2.75) is 62.8 Å². The summed E-state index contributed by atoms with van der Waals surface area (Å²) < 4.78 is 29.2. The Hall–Kier alpha value is -2.58. The minimum Gasteiger partial charge on any atom is -0.295 e. The Labute approximate surface area is 195 Å². The molecule has 1 aliphatic heterocycles. The van der Waals surface area contributed by atoms with Gasteiger partial charge in [-0.25, -0.2) is 8.42 Å². The first-order valence-electron chi connectivity index (χ1n) is 11.7. The summed E-state index contributed by atoms with van der Waals surface area (Å²) in [5, 5.41) is 0. The van der Waals surface area contributed by atoms with Crippen molar-refractivity contribution in [2.24, 2.45) is 10.9 Å². The van der Waals surface area contributed by atoms with Crippen LogP contribution in [0.1, 0.15) is 67.0 Å². The topological polar surface area (TPSA) is 88.8 Å². The van der Waals surface area contributed by atoms with Gasteiger partial charge in [0.25, 0.3) is 0 Å². The molecular formula is C25H31N3O4S. The highest BCUT2D eigenvalue weighted by atomic mass is 32.2. The molecule has 1 saturated carbocycles. The summed E-state index contributed by atoms with van der Waals surface area (Å²) in [5.74, 6) is -0.459. The molecule has 0 radical (unpaired) electrons. The second kappa shape index (κ2) is 10.1. The molecule has 1 saturated heterocycles. The molecule has 2 aliphatic rings. The lowest BCUT2D eigenvalue weighted by molar-refractivity contribution is 0.0780. The van der Waals surface area contributed by atoms with Gasteiger partial charge in [-0.2, -0.15) is 4.31 Å². The quantitative estimate of drug-likeness (QED) is 0.625. The molecule has 7 nitrogen and oxygen atoms in total. The van der Waals surface area contributed by atoms with Crippen LogP contribution in [0, 0.1) is 5.92 Å². The Morgan fingerprint density at radius 1 is 0.939 bits per heavy atom. The first-order valence-corrected chi connectivity index (χ1v) is 13.2. The number of rotatable bonds is 5. The van der Waals surface area contributed by atoms with Gasteiger partial charge in [0.05, 0.1) is 10.9 Å². The molecule has 4 rings (SSSR count). The standard InChI is InChI=1S/C25H31N3O4S/c1-19(29)21-8-7-11-23(18-21)33(31,32)27-16-13-20(14-17-27)25(30)28-15-6-5-12-24(28)26-22-9-3-2-4-10-22/h5-8,11-12,15,18,20,22H,2-4,9-10,13-14,16-17H2,1H3. The van der Waals surface area contributed by atoms with Gasteiger partial charge in [-0.3, -0.25) is 19.1 Å². The lowest BCUT2D eigenvalue weighted by Gasteiger charge is -2.30. The SMILES string of the molecule is CC(=O)c1cccc(S(=O)(=O)N2CCC(C(=O)n3ccccc3=NC3CCCCC3)CC2)c1. The minimum absolute atomic E-state index is 0.0271. The van der Waals surface area contributed by atoms with Crippen LogP contribution in [-0.2, 0) is 10.0 Å². The Kier molecular flexibility index (Phi) is 7.24. The third kappa shape index (κ3) is 5.33. The van der Waals surface area contributed by atoms with Gasteiger partial charge in [0.1, 0.15) is 5.49 Å². The zero-order valence-electron chi connectivity index (χ0n) is 19.0. The van der Waals surface area contributed by atoms with Crippen LogP contribution in [0.4, 0.5) is 0 Å². The van der Waals surface area contributed by atoms with E-state index in [4.69, 9.17) is 4.99 Å². The van der Waals surface area contributed by atoms with E-state index >= 15 is 0 Å². The van der Waals surface area contributed by atoms with E-state index in [1.165, 1.54) is 42.6 Å². The highest BCUT2D eigenvalue weighted by Gasteiger charge is 2.33. The molecule has 0 N–H and O–H groups in total. The summed E-state index contributed by atoms with van der Waals surface area (Å²) in [6, 6.07) is 12.0. The van der Waals surface area contributed by atoms with Crippen molar-refractivity contribution in [1.29, 1.82) is 0 Å². The van der Waals surface area contributed by atoms with Gasteiger partial charge in [-0.15, -0.1) is 0 Å². The average molecular weight is 470 g/mol. The summed E-state index contributed by atoms with van der Waals surface area (Å²) in [6.07, 6.45) is 8.40. The van der Waals surface area contributed by atoms with E-state index in [9.17, 15) is 18.0 Å². The summed E-state index contributed by atoms with van der Waals surface area (Å²) in [4.78, 5) is 29.9. The highest BCUT2D eigenvalue weighted by Crippen LogP contribution is 2.25. The fraction of sp³-hybridized carbons (Fsp3) is 0.480. The van der Waals surface area contributed by atoms with Crippen LogP contribution in [0.2, 0.25) is 0 Å². The number of Topliss-reactive ketones (excluding diaryl/α,β-unsaturated/α-hetero) is 1. The van der Waals surface area contributed by atoms with E-state index in [2.05, 4.69) is 0 Å². The third-order valence-electron chi connectivity index (χ3n) is 6.65. The molecule has 176 valence electrons. The highest BCUT2D eigenvalue weighted by molar-refractivity contribution is 7.89. The average Bonchev–Trinajstić information content (AvgIpc) is 2.85. The molecule has 0 spiro atoms. The summed E-state index contributed by atoms with van der Waals surface area (Å²) >= 11 is 0. The molecule has 0 atom stereocenters. The Bertz CT molecular complexity index is 1190. The van der Waals surface area contributed by atoms with Gasteiger partial charge in [0.15, 0.2) is 5.78 Å². The number of carbonyl (C=O) groups is 2. The zero-order valence-corrected chi connectivity index (χ0v) is 19.8. The second-order valence-corrected chi connectivity index (χ2v) is 10.9. The lowest BCUT2D eigenvalue weighted by Crippen LogP contribution is -2.42. The fourth-order valence-corrected chi connectivity index (χ4v) is 6.20. The Balaban J connectivity index is 1.47. The molecule has 2 aromatic rings. The lowest BCUT2D eigenvalue weighted by atomic mass is 9.96. The molecule has 0 unspecified atom stereocenters. The number of hydrogen-bond donors (Lipinski definition) is 0. The van der Waals surface area contributed by atoms with E-state index in [0.717, 1.165) is 12.8 Å². The van der Waals surface area contributed by atoms with Crippen molar-refractivity contribution < 1.29 is 18.0 Å². The zero-order chi connectivity index (χ0) is 23.4. The van der Waals surface area contributed by atoms with Crippen molar-refractivity contribution >= 4 is 21.7 Å². The molecular weight excluding hydrogens is 438 g/mol. The summed E-state index contributed by atoms with van der Waals surface area (Å²) in [7, 11) is -3.71. The van der Waals surface area contributed by atoms with Crippen molar-refractivity contribution in [3.05, 3.63) is 59.7 Å². The monoisotopic (exact) mass is 469 g/mol. The van der Waals surface area contributed by atoms with Crippen LogP contribution >= 0.6 is 0 Å². The number of benzene rings is 1. The van der Waals surface area contributed by atoms with Crippen LogP contribution < -0.4 is 5.49 Å². The van der Waals surface area contributed by atoms with Crippen LogP contribution in [0.5, 0.6) is 0 Å². The number of carbonyl (C=O) groups excluding carboxylic acids is 2. The van der Waals surface area contributed by atoms with Gasteiger partial charge >= 0.3 is 0 Å². The number of pyridine rings is 1. The molecule has 33 heavy (non-hydrogen) atoms. The van der Waals surface area contributed by atoms with Crippen LogP contribution in [0.15, 0.2) is 58.5 Å². The molecule has 1 aromatic heterocycles. The molecule has 1 aromatic carbocycles. The van der Waals surface area contributed by atoms with E-state index in [1.54, 1.807) is 22.9 Å². The van der Waals surface area contributed by atoms with Gasteiger partial charge < -0.3 is 0 Å². The molecule has 2 heterocycles. The van der Waals surface area contributed by atoms with Crippen LogP contribution in [-0.4, -0.2) is 48.1 Å². The molecule has 0 bridgehead atoms. The second-order valence-electron chi connectivity index (χ2n) is 8.95. The predicted octanol–water partition coefficient (Wildman–Crippen LogP) is 3.67. The van der Waals surface area contributed by atoms with E-state index < -0.39 is 10.0 Å². The molecule has 2 fully saturated rings. The van der Waals surface area contributed by atoms with Crippen molar-refractivity contribution in [3.8, 4) is 0 Å². The maximum Gasteiger partial charge on any atom is 0.243 e. The molecule has 0 amide bonds. The number of aromatic nitrogens is 1. The maximum absolute atomic E-state index is 13.3. The summed E-state index contributed by atoms with van der Waals surface area (Å²) in [6.45, 7) is 1.95. The van der Waals surface area contributed by atoms with Crippen LogP contribution in [0.3, 0.4) is 0 Å². The number of sulfonamides is 1. The molecule has 1 aliphatic carbocycles. The largest absolute Gasteiger partial charge is 0.295 e. The fourth-order valence-electron chi connectivity index (χ4n) is 4.69. The normalized spacial score (nSPS) is 19.5. The Morgan fingerprint density at radius 2 is 1.67 bits per heavy atom. The van der Waals surface area contributed by atoms with Crippen molar-refractivity contribution in [1.82, 2.24) is 8.87 Å². The third-order valence-corrected chi connectivity index (χ3v) is 8.54. The summed E-state index contributed by atoms with van der Waals surface area (Å²) in [5.41, 5.74) is 1.06. The Morgan fingerprint density at radius 3 is 2.36 bits per heavy atom. The van der Waals surface area contributed by atoms with Gasteiger partial charge in [0, 0.05) is 30.8 Å². The van der Waals surface area contributed by atoms with Crippen molar-refractivity contribution in [3.63, 3.8) is 0 Å². The van der Waals surface area contributed by atoms with Gasteiger partial charge in [-0.1, -0.05) is 37.5 Å². The first kappa shape index (κ1) is 23.6. The van der Waals surface area contributed by atoms with E-state index in [1.807, 2.05) is 18.2 Å². The number of nitrogens with zero attached hydrogens (tertiary/aromatic N) is 3. The molecule has 8 heteroatoms. The number of hydrogen-bond acceptors (Lipinski definition) is 5. The van der Waals surface area contributed by atoms with Gasteiger partial charge in [0.2, 0.25) is 15.9 Å². The van der Waals surface area contributed by atoms with E-state index in [0.29, 0.717) is 23.9 Å². The first-order chi connectivity index (χ1) is 15.9. The van der Waals surface area contributed by atoms with Crippen LogP contribution in [0.25, 0.3) is 0 Å². The number of ketones is 1. The number of piperidine rings is 1. The predicted molar refractivity (Wildman–Crippen MR) is 125 cm³/mol. The smallest absolute Gasteiger partial charge is 0.243 e. The van der Waals surface area contributed by atoms with E-state index in [-0.39, 0.29) is 41.6 Å². The minimum atomic E-state index is -3.71. The maximum atomic E-state index is 13.3. The van der Waals surface area contributed by atoms with Crippen molar-refractivity contribution in [2.75, 3.05) is 13.1 Å². The van der Waals surface area contributed by atoms with Gasteiger partial charge in [-0.05, 0) is 56.9 Å².